The number of H-pyrrole nitrogens is 2. The minimum Gasteiger partial charge on any atom is -0.359 e. The predicted molar refractivity (Wildman–Crippen MR) is 71.7 cm³/mol. The first kappa shape index (κ1) is 10.9. The molecule has 2 N–H and O–H groups in total. The number of rotatable bonds is 1. The van der Waals surface area contributed by atoms with Gasteiger partial charge in [0, 0.05) is 17.3 Å². The number of fused-ring (bicyclic) bond motifs is 2. The zero-order valence-corrected chi connectivity index (χ0v) is 10.3. The number of nitrogens with one attached hydrogen (secondary N) is 2. The van der Waals surface area contributed by atoms with Crippen LogP contribution in [0, 0.1) is 0 Å². The van der Waals surface area contributed by atoms with E-state index in [9.17, 15) is 9.59 Å². The molecular formula is C15H9N3O2. The molecule has 3 aromatic rings. The molecule has 1 aliphatic carbocycles. The van der Waals surface area contributed by atoms with Crippen molar-refractivity contribution in [1.29, 1.82) is 0 Å². The molecule has 0 saturated carbocycles. The Morgan fingerprint density at radius 3 is 2.35 bits per heavy atom. The van der Waals surface area contributed by atoms with E-state index in [0.717, 1.165) is 5.69 Å². The number of nitrogens with zero attached hydrogens (tertiary/aromatic N) is 1. The Bertz CT molecular complexity index is 791. The maximum Gasteiger partial charge on any atom is 0.214 e. The molecule has 2 heterocycles. The zero-order chi connectivity index (χ0) is 13.7. The molecule has 0 radical (unpaired) electrons. The Hall–Kier alpha value is -2.95. The zero-order valence-electron chi connectivity index (χ0n) is 10.3. The molecule has 0 unspecified atom stereocenters. The topological polar surface area (TPSA) is 78.6 Å². The summed E-state index contributed by atoms with van der Waals surface area (Å²) in [5, 5.41) is 0. The lowest BCUT2D eigenvalue weighted by Gasteiger charge is -2.11. The largest absolute Gasteiger partial charge is 0.359 e. The van der Waals surface area contributed by atoms with Crippen molar-refractivity contribution in [3.05, 3.63) is 65.1 Å². The smallest absolute Gasteiger partial charge is 0.214 e. The van der Waals surface area contributed by atoms with E-state index in [4.69, 9.17) is 0 Å². The van der Waals surface area contributed by atoms with Gasteiger partial charge in [0.15, 0.2) is 5.82 Å². The molecule has 20 heavy (non-hydrogen) atoms. The van der Waals surface area contributed by atoms with E-state index in [-0.39, 0.29) is 23.0 Å². The van der Waals surface area contributed by atoms with Crippen molar-refractivity contribution < 1.29 is 9.59 Å². The monoisotopic (exact) mass is 263 g/mol. The van der Waals surface area contributed by atoms with Gasteiger partial charge >= 0.3 is 0 Å². The second-order valence-corrected chi connectivity index (χ2v) is 4.60. The highest BCUT2D eigenvalue weighted by Crippen LogP contribution is 2.27. The summed E-state index contributed by atoms with van der Waals surface area (Å²) in [5.74, 6) is 0.0827. The highest BCUT2D eigenvalue weighted by Gasteiger charge is 2.33. The lowest BCUT2D eigenvalue weighted by molar-refractivity contribution is 0.0974. The Morgan fingerprint density at radius 2 is 1.65 bits per heavy atom. The number of carbonyl (C=O) groups is 2. The van der Waals surface area contributed by atoms with Crippen LogP contribution in [0.4, 0.5) is 0 Å². The number of aromatic nitrogens is 3. The van der Waals surface area contributed by atoms with Gasteiger partial charge in [0.2, 0.25) is 11.6 Å². The van der Waals surface area contributed by atoms with Gasteiger partial charge in [-0.05, 0) is 12.1 Å². The first-order valence-electron chi connectivity index (χ1n) is 6.18. The highest BCUT2D eigenvalue weighted by molar-refractivity contribution is 6.27. The number of aromatic amines is 2. The van der Waals surface area contributed by atoms with E-state index in [1.807, 2.05) is 12.1 Å². The Labute approximate surface area is 113 Å². The fraction of sp³-hybridized carbons (Fsp3) is 0. The predicted octanol–water partition coefficient (Wildman–Crippen LogP) is 2.18. The molecule has 0 saturated heterocycles. The van der Waals surface area contributed by atoms with Crippen molar-refractivity contribution in [2.45, 2.75) is 0 Å². The third-order valence-electron chi connectivity index (χ3n) is 3.42. The third kappa shape index (κ3) is 1.34. The molecule has 1 aliphatic rings. The van der Waals surface area contributed by atoms with E-state index >= 15 is 0 Å². The molecular weight excluding hydrogens is 254 g/mol. The molecule has 0 aliphatic heterocycles. The van der Waals surface area contributed by atoms with Gasteiger partial charge in [0.1, 0.15) is 11.4 Å². The number of hydrogen-bond acceptors (Lipinski definition) is 3. The number of carbonyl (C=O) groups excluding carboxylic acids is 2. The van der Waals surface area contributed by atoms with Crippen LogP contribution in [0.25, 0.3) is 11.5 Å². The van der Waals surface area contributed by atoms with E-state index in [1.54, 1.807) is 30.5 Å². The molecule has 5 nitrogen and oxygen atoms in total. The van der Waals surface area contributed by atoms with Crippen LogP contribution in [0.1, 0.15) is 32.1 Å². The third-order valence-corrected chi connectivity index (χ3v) is 3.42. The SMILES string of the molecule is O=C1c2ccccc2C(=O)c2[nH]c(-c3ccc[nH]3)nc21. The maximum absolute atomic E-state index is 12.4. The van der Waals surface area contributed by atoms with Crippen molar-refractivity contribution in [3.8, 4) is 11.5 Å². The highest BCUT2D eigenvalue weighted by atomic mass is 16.1. The molecule has 0 atom stereocenters. The van der Waals surface area contributed by atoms with Crippen molar-refractivity contribution in [2.24, 2.45) is 0 Å². The summed E-state index contributed by atoms with van der Waals surface area (Å²) < 4.78 is 0. The van der Waals surface area contributed by atoms with Gasteiger partial charge in [0.05, 0.1) is 5.69 Å². The second kappa shape index (κ2) is 3.77. The number of hydrogen-bond donors (Lipinski definition) is 2. The van der Waals surface area contributed by atoms with Crippen molar-refractivity contribution in [1.82, 2.24) is 15.0 Å². The van der Waals surface area contributed by atoms with Crippen LogP contribution in [0.15, 0.2) is 42.6 Å². The summed E-state index contributed by atoms with van der Waals surface area (Å²) in [4.78, 5) is 35.0. The Morgan fingerprint density at radius 1 is 0.900 bits per heavy atom. The van der Waals surface area contributed by atoms with Crippen LogP contribution in [0.5, 0.6) is 0 Å². The normalized spacial score (nSPS) is 13.2. The van der Waals surface area contributed by atoms with Gasteiger partial charge in [0.25, 0.3) is 0 Å². The van der Waals surface area contributed by atoms with E-state index in [1.165, 1.54) is 0 Å². The van der Waals surface area contributed by atoms with Gasteiger partial charge in [-0.15, -0.1) is 0 Å². The van der Waals surface area contributed by atoms with Crippen molar-refractivity contribution >= 4 is 11.6 Å². The maximum atomic E-state index is 12.4. The van der Waals surface area contributed by atoms with Crippen LogP contribution in [0.2, 0.25) is 0 Å². The van der Waals surface area contributed by atoms with Crippen LogP contribution in [-0.2, 0) is 0 Å². The van der Waals surface area contributed by atoms with E-state index in [2.05, 4.69) is 15.0 Å². The van der Waals surface area contributed by atoms with Gasteiger partial charge in [-0.2, -0.15) is 0 Å². The lowest BCUT2D eigenvalue weighted by atomic mass is 9.90. The fourth-order valence-corrected chi connectivity index (χ4v) is 2.45. The molecule has 0 bridgehead atoms. The number of ketones is 2. The molecule has 5 heteroatoms. The molecule has 2 aromatic heterocycles. The summed E-state index contributed by atoms with van der Waals surface area (Å²) >= 11 is 0. The minimum atomic E-state index is -0.218. The molecule has 0 spiro atoms. The summed E-state index contributed by atoms with van der Waals surface area (Å²) in [6.07, 6.45) is 1.76. The Balaban J connectivity index is 1.94. The summed E-state index contributed by atoms with van der Waals surface area (Å²) in [6.45, 7) is 0. The molecule has 1 aromatic carbocycles. The quantitative estimate of drug-likeness (QED) is 0.552. The van der Waals surface area contributed by atoms with Crippen molar-refractivity contribution in [3.63, 3.8) is 0 Å². The minimum absolute atomic E-state index is 0.193. The van der Waals surface area contributed by atoms with E-state index < -0.39 is 0 Å². The molecule has 96 valence electrons. The van der Waals surface area contributed by atoms with Crippen LogP contribution in [-0.4, -0.2) is 26.5 Å². The fourth-order valence-electron chi connectivity index (χ4n) is 2.45. The molecule has 0 amide bonds. The summed E-state index contributed by atoms with van der Waals surface area (Å²) in [6, 6.07) is 10.5. The van der Waals surface area contributed by atoms with E-state index in [0.29, 0.717) is 17.0 Å². The van der Waals surface area contributed by atoms with Crippen molar-refractivity contribution in [2.75, 3.05) is 0 Å². The van der Waals surface area contributed by atoms with Gasteiger partial charge in [-0.1, -0.05) is 24.3 Å². The average Bonchev–Trinajstić information content (AvgIpc) is 3.13. The Kier molecular flexibility index (Phi) is 2.06. The first-order chi connectivity index (χ1) is 9.75. The van der Waals surface area contributed by atoms with Gasteiger partial charge < -0.3 is 9.97 Å². The molecule has 4 rings (SSSR count). The first-order valence-corrected chi connectivity index (χ1v) is 6.18. The molecule has 0 fully saturated rings. The van der Waals surface area contributed by atoms with Gasteiger partial charge in [-0.25, -0.2) is 4.98 Å². The van der Waals surface area contributed by atoms with Crippen LogP contribution in [0.3, 0.4) is 0 Å². The van der Waals surface area contributed by atoms with Crippen LogP contribution < -0.4 is 0 Å². The summed E-state index contributed by atoms with van der Waals surface area (Å²) in [7, 11) is 0. The summed E-state index contributed by atoms with van der Waals surface area (Å²) in [5.41, 5.74) is 2.03. The average molecular weight is 263 g/mol. The van der Waals surface area contributed by atoms with Gasteiger partial charge in [-0.3, -0.25) is 9.59 Å². The standard InChI is InChI=1S/C15H9N3O2/c19-13-8-4-1-2-5-9(8)14(20)12-11(13)17-15(18-12)10-6-3-7-16-10/h1-7,16H,(H,17,18). The second-order valence-electron chi connectivity index (χ2n) is 4.60. The number of imidazole rings is 1. The number of benzene rings is 1. The van der Waals surface area contributed by atoms with Crippen LogP contribution >= 0.6 is 0 Å². The lowest BCUT2D eigenvalue weighted by Crippen LogP contribution is -2.20.